The minimum atomic E-state index is -0.174. The van der Waals surface area contributed by atoms with Crippen LogP contribution >= 0.6 is 0 Å². The SMILES string of the molecule is CC1=CC2(CCN(C(=O)c3cc(C)nc4c3c(C)nn4C)CC2)OCC1. The number of carbonyl (C=O) groups is 1. The number of carbonyl (C=O) groups excluding carboxylic acids is 1. The van der Waals surface area contributed by atoms with Crippen LogP contribution in [0.2, 0.25) is 0 Å². The summed E-state index contributed by atoms with van der Waals surface area (Å²) in [6.07, 6.45) is 5.00. The van der Waals surface area contributed by atoms with Crippen LogP contribution in [0.4, 0.5) is 0 Å². The van der Waals surface area contributed by atoms with E-state index in [1.807, 2.05) is 31.9 Å². The van der Waals surface area contributed by atoms with E-state index < -0.39 is 0 Å². The van der Waals surface area contributed by atoms with Crippen LogP contribution in [0.15, 0.2) is 17.7 Å². The fourth-order valence-electron chi connectivity index (χ4n) is 4.26. The number of aryl methyl sites for hydroxylation is 3. The molecule has 138 valence electrons. The van der Waals surface area contributed by atoms with Crippen LogP contribution in [0, 0.1) is 13.8 Å². The number of ether oxygens (including phenoxy) is 1. The Bertz CT molecular complexity index is 904. The lowest BCUT2D eigenvalue weighted by atomic mass is 9.86. The van der Waals surface area contributed by atoms with Gasteiger partial charge in [0.05, 0.1) is 28.9 Å². The summed E-state index contributed by atoms with van der Waals surface area (Å²) in [5.41, 5.74) is 4.40. The lowest BCUT2D eigenvalue weighted by Crippen LogP contribution is -2.48. The van der Waals surface area contributed by atoms with Gasteiger partial charge in [-0.25, -0.2) is 4.98 Å². The highest BCUT2D eigenvalue weighted by atomic mass is 16.5. The molecule has 0 aliphatic carbocycles. The summed E-state index contributed by atoms with van der Waals surface area (Å²) in [5.74, 6) is 0.0722. The standard InChI is InChI=1S/C20H26N4O2/c1-13-5-10-26-20(12-13)6-8-24(9-7-20)19(25)16-11-14(2)21-18-17(16)15(3)22-23(18)4/h11-12H,5-10H2,1-4H3. The topological polar surface area (TPSA) is 60.2 Å². The maximum absolute atomic E-state index is 13.3. The molecule has 0 saturated carbocycles. The van der Waals surface area contributed by atoms with Gasteiger partial charge in [-0.05, 0) is 46.1 Å². The highest BCUT2D eigenvalue weighted by Gasteiger charge is 2.37. The Labute approximate surface area is 153 Å². The van der Waals surface area contributed by atoms with E-state index in [2.05, 4.69) is 23.1 Å². The van der Waals surface area contributed by atoms with E-state index in [4.69, 9.17) is 4.74 Å². The number of hydrogen-bond donors (Lipinski definition) is 0. The van der Waals surface area contributed by atoms with Gasteiger partial charge in [0.1, 0.15) is 0 Å². The average molecular weight is 354 g/mol. The van der Waals surface area contributed by atoms with Crippen LogP contribution in [-0.2, 0) is 11.8 Å². The minimum Gasteiger partial charge on any atom is -0.370 e. The molecular weight excluding hydrogens is 328 g/mol. The Balaban J connectivity index is 1.62. The third-order valence-electron chi connectivity index (χ3n) is 5.62. The first-order valence-electron chi connectivity index (χ1n) is 9.31. The quantitative estimate of drug-likeness (QED) is 0.739. The van der Waals surface area contributed by atoms with Gasteiger partial charge in [0.2, 0.25) is 0 Å². The molecule has 0 aromatic carbocycles. The zero-order valence-electron chi connectivity index (χ0n) is 16.0. The Morgan fingerprint density at radius 2 is 1.96 bits per heavy atom. The van der Waals surface area contributed by atoms with Crippen LogP contribution in [0.25, 0.3) is 11.0 Å². The van der Waals surface area contributed by atoms with E-state index in [-0.39, 0.29) is 11.5 Å². The van der Waals surface area contributed by atoms with Crippen LogP contribution in [0.3, 0.4) is 0 Å². The Hall–Kier alpha value is -2.21. The molecule has 4 heterocycles. The van der Waals surface area contributed by atoms with Crippen LogP contribution in [0.5, 0.6) is 0 Å². The predicted octanol–water partition coefficient (Wildman–Crippen LogP) is 2.93. The summed E-state index contributed by atoms with van der Waals surface area (Å²) >= 11 is 0. The molecule has 1 spiro atoms. The monoisotopic (exact) mass is 354 g/mol. The van der Waals surface area contributed by atoms with E-state index in [9.17, 15) is 4.79 Å². The van der Waals surface area contributed by atoms with E-state index in [1.54, 1.807) is 4.68 Å². The maximum atomic E-state index is 13.3. The predicted molar refractivity (Wildman–Crippen MR) is 100 cm³/mol. The van der Waals surface area contributed by atoms with Crippen LogP contribution in [-0.4, -0.2) is 50.9 Å². The van der Waals surface area contributed by atoms with E-state index in [1.165, 1.54) is 5.57 Å². The lowest BCUT2D eigenvalue weighted by molar-refractivity contribution is -0.0522. The third kappa shape index (κ3) is 2.82. The molecule has 0 N–H and O–H groups in total. The number of aromatic nitrogens is 3. The van der Waals surface area contributed by atoms with Gasteiger partial charge in [0.25, 0.3) is 5.91 Å². The van der Waals surface area contributed by atoms with Crippen LogP contribution < -0.4 is 0 Å². The second kappa shape index (κ2) is 6.20. The molecule has 0 bridgehead atoms. The number of hydrogen-bond acceptors (Lipinski definition) is 4. The number of fused-ring (bicyclic) bond motifs is 1. The highest BCUT2D eigenvalue weighted by Crippen LogP contribution is 2.34. The number of amides is 1. The normalized spacial score (nSPS) is 19.8. The first-order chi connectivity index (χ1) is 12.4. The Morgan fingerprint density at radius 3 is 2.65 bits per heavy atom. The van der Waals surface area contributed by atoms with Gasteiger partial charge in [-0.2, -0.15) is 5.10 Å². The molecule has 2 aromatic heterocycles. The van der Waals surface area contributed by atoms with Gasteiger partial charge < -0.3 is 9.64 Å². The largest absolute Gasteiger partial charge is 0.370 e. The molecule has 0 radical (unpaired) electrons. The molecule has 2 aliphatic heterocycles. The summed E-state index contributed by atoms with van der Waals surface area (Å²) in [7, 11) is 1.87. The van der Waals surface area contributed by atoms with Crippen molar-refractivity contribution < 1.29 is 9.53 Å². The molecule has 1 fully saturated rings. The van der Waals surface area contributed by atoms with Crippen molar-refractivity contribution in [3.8, 4) is 0 Å². The number of nitrogens with zero attached hydrogens (tertiary/aromatic N) is 4. The van der Waals surface area contributed by atoms with Crippen molar-refractivity contribution in [2.45, 2.75) is 45.6 Å². The van der Waals surface area contributed by atoms with Gasteiger partial charge in [0.15, 0.2) is 5.65 Å². The van der Waals surface area contributed by atoms with Crippen molar-refractivity contribution in [2.24, 2.45) is 7.05 Å². The summed E-state index contributed by atoms with van der Waals surface area (Å²) in [6, 6.07) is 1.89. The summed E-state index contributed by atoms with van der Waals surface area (Å²) in [4.78, 5) is 19.8. The Kier molecular flexibility index (Phi) is 4.10. The van der Waals surface area contributed by atoms with Crippen molar-refractivity contribution >= 4 is 16.9 Å². The molecule has 2 aliphatic rings. The van der Waals surface area contributed by atoms with E-state index >= 15 is 0 Å². The Morgan fingerprint density at radius 1 is 1.23 bits per heavy atom. The number of pyridine rings is 1. The molecule has 1 saturated heterocycles. The zero-order chi connectivity index (χ0) is 18.5. The first-order valence-corrected chi connectivity index (χ1v) is 9.31. The van der Waals surface area contributed by atoms with Gasteiger partial charge in [-0.1, -0.05) is 11.6 Å². The van der Waals surface area contributed by atoms with Crippen molar-refractivity contribution in [2.75, 3.05) is 19.7 Å². The molecule has 26 heavy (non-hydrogen) atoms. The molecule has 0 atom stereocenters. The van der Waals surface area contributed by atoms with Crippen molar-refractivity contribution in [3.05, 3.63) is 34.7 Å². The number of piperidine rings is 1. The summed E-state index contributed by atoms with van der Waals surface area (Å²) < 4.78 is 7.84. The lowest BCUT2D eigenvalue weighted by Gasteiger charge is -2.42. The molecule has 0 unspecified atom stereocenters. The van der Waals surface area contributed by atoms with Gasteiger partial charge >= 0.3 is 0 Å². The van der Waals surface area contributed by atoms with Gasteiger partial charge in [0, 0.05) is 25.8 Å². The molecule has 4 rings (SSSR count). The number of likely N-dealkylation sites (tertiary alicyclic amines) is 1. The van der Waals surface area contributed by atoms with Crippen molar-refractivity contribution in [1.29, 1.82) is 0 Å². The second-order valence-corrected chi connectivity index (χ2v) is 7.66. The number of rotatable bonds is 1. The van der Waals surface area contributed by atoms with E-state index in [0.29, 0.717) is 18.7 Å². The summed E-state index contributed by atoms with van der Waals surface area (Å²) in [6.45, 7) is 8.24. The molecule has 6 nitrogen and oxygen atoms in total. The second-order valence-electron chi connectivity index (χ2n) is 7.66. The van der Waals surface area contributed by atoms with Gasteiger partial charge in [-0.15, -0.1) is 0 Å². The minimum absolute atomic E-state index is 0.0722. The molecule has 6 heteroatoms. The van der Waals surface area contributed by atoms with Crippen LogP contribution in [0.1, 0.15) is 47.9 Å². The highest BCUT2D eigenvalue weighted by molar-refractivity contribution is 6.06. The molecule has 1 amide bonds. The summed E-state index contributed by atoms with van der Waals surface area (Å²) in [5, 5.41) is 5.32. The first kappa shape index (κ1) is 17.2. The van der Waals surface area contributed by atoms with Crippen molar-refractivity contribution in [1.82, 2.24) is 19.7 Å². The molecular formula is C20H26N4O2. The third-order valence-corrected chi connectivity index (χ3v) is 5.62. The molecule has 2 aromatic rings. The maximum Gasteiger partial charge on any atom is 0.254 e. The van der Waals surface area contributed by atoms with E-state index in [0.717, 1.165) is 48.3 Å². The smallest absolute Gasteiger partial charge is 0.254 e. The fourth-order valence-corrected chi connectivity index (χ4v) is 4.26. The fraction of sp³-hybridized carbons (Fsp3) is 0.550. The zero-order valence-corrected chi connectivity index (χ0v) is 16.0. The van der Waals surface area contributed by atoms with Gasteiger partial charge in [-0.3, -0.25) is 9.48 Å². The van der Waals surface area contributed by atoms with Crippen molar-refractivity contribution in [3.63, 3.8) is 0 Å². The average Bonchev–Trinajstić information content (AvgIpc) is 2.88.